The van der Waals surface area contributed by atoms with Gasteiger partial charge in [-0.3, -0.25) is 0 Å². The van der Waals surface area contributed by atoms with Crippen molar-refractivity contribution in [2.75, 3.05) is 18.9 Å². The number of hydrazone groups is 1. The summed E-state index contributed by atoms with van der Waals surface area (Å²) in [5.74, 6) is 0. The molecule has 0 bridgehead atoms. The molecule has 0 radical (unpaired) electrons. The van der Waals surface area contributed by atoms with Crippen LogP contribution in [-0.4, -0.2) is 30.0 Å². The predicted molar refractivity (Wildman–Crippen MR) is 77.5 cm³/mol. The summed E-state index contributed by atoms with van der Waals surface area (Å²) in [7, 11) is 0. The Kier molecular flexibility index (Phi) is 5.63. The number of nitrogen functional groups attached to an aromatic ring is 1. The van der Waals surface area contributed by atoms with E-state index >= 15 is 0 Å². The van der Waals surface area contributed by atoms with Crippen molar-refractivity contribution in [2.45, 2.75) is 20.8 Å². The molecule has 0 heterocycles. The molecule has 104 valence electrons. The molecule has 0 unspecified atom stereocenters. The molecule has 0 aromatic heterocycles. The van der Waals surface area contributed by atoms with Gasteiger partial charge in [0.05, 0.1) is 12.3 Å². The van der Waals surface area contributed by atoms with Crippen LogP contribution in [0.4, 0.5) is 10.5 Å². The van der Waals surface area contributed by atoms with Crippen molar-refractivity contribution >= 4 is 29.1 Å². The number of nitrogens with zero attached hydrogens (tertiary/aromatic N) is 2. The Morgan fingerprint density at radius 1 is 1.47 bits per heavy atom. The summed E-state index contributed by atoms with van der Waals surface area (Å²) < 4.78 is 4.91. The van der Waals surface area contributed by atoms with Crippen molar-refractivity contribution in [1.82, 2.24) is 5.01 Å². The summed E-state index contributed by atoms with van der Waals surface area (Å²) in [5.41, 5.74) is 7.74. The van der Waals surface area contributed by atoms with Crippen LogP contribution in [0.2, 0.25) is 5.02 Å². The second-order valence-corrected chi connectivity index (χ2v) is 4.27. The lowest BCUT2D eigenvalue weighted by Gasteiger charge is -2.16. The largest absolute Gasteiger partial charge is 0.448 e. The van der Waals surface area contributed by atoms with E-state index in [0.29, 0.717) is 35.1 Å². The molecule has 6 heteroatoms. The lowest BCUT2D eigenvalue weighted by atomic mass is 10.1. The van der Waals surface area contributed by atoms with E-state index in [9.17, 15) is 4.79 Å². The summed E-state index contributed by atoms with van der Waals surface area (Å²) in [5, 5.41) is 6.04. The maximum atomic E-state index is 11.6. The van der Waals surface area contributed by atoms with Crippen molar-refractivity contribution in [2.24, 2.45) is 5.10 Å². The summed E-state index contributed by atoms with van der Waals surface area (Å²) in [6.07, 6.45) is -0.482. The highest BCUT2D eigenvalue weighted by Crippen LogP contribution is 2.19. The average molecular weight is 284 g/mol. The van der Waals surface area contributed by atoms with E-state index in [-0.39, 0.29) is 0 Å². The van der Waals surface area contributed by atoms with Gasteiger partial charge in [-0.05, 0) is 39.0 Å². The second-order valence-electron chi connectivity index (χ2n) is 3.83. The van der Waals surface area contributed by atoms with Crippen LogP contribution in [0.15, 0.2) is 23.3 Å². The number of rotatable bonds is 4. The third-order valence-corrected chi connectivity index (χ3v) is 2.69. The summed E-state index contributed by atoms with van der Waals surface area (Å²) in [4.78, 5) is 11.6. The molecule has 19 heavy (non-hydrogen) atoms. The molecule has 1 amide bonds. The topological polar surface area (TPSA) is 67.9 Å². The Balaban J connectivity index is 3.02. The monoisotopic (exact) mass is 283 g/mol. The third-order valence-electron chi connectivity index (χ3n) is 2.45. The van der Waals surface area contributed by atoms with E-state index in [1.165, 1.54) is 5.01 Å². The van der Waals surface area contributed by atoms with E-state index in [4.69, 9.17) is 22.1 Å². The van der Waals surface area contributed by atoms with Gasteiger partial charge >= 0.3 is 6.09 Å². The highest BCUT2D eigenvalue weighted by atomic mass is 35.5. The molecular formula is C13H18ClN3O2. The Morgan fingerprint density at radius 2 is 2.16 bits per heavy atom. The first-order valence-corrected chi connectivity index (χ1v) is 6.42. The van der Waals surface area contributed by atoms with Crippen LogP contribution in [-0.2, 0) is 4.74 Å². The Hall–Kier alpha value is -1.75. The first kappa shape index (κ1) is 15.3. The molecule has 1 rings (SSSR count). The molecule has 0 atom stereocenters. The minimum Gasteiger partial charge on any atom is -0.448 e. The van der Waals surface area contributed by atoms with Crippen molar-refractivity contribution in [3.05, 3.63) is 28.8 Å². The van der Waals surface area contributed by atoms with E-state index < -0.39 is 6.09 Å². The van der Waals surface area contributed by atoms with Gasteiger partial charge in [0.25, 0.3) is 0 Å². The lowest BCUT2D eigenvalue weighted by molar-refractivity contribution is 0.110. The Bertz CT molecular complexity index is 489. The molecule has 5 nitrogen and oxygen atoms in total. The standard InChI is InChI=1S/C13H18ClN3O2/c1-4-17(13(18)19-5-2)16-9(3)11-8-10(14)6-7-12(11)15/h6-8H,4-5,15H2,1-3H3/b16-9+. The summed E-state index contributed by atoms with van der Waals surface area (Å²) >= 11 is 5.93. The molecule has 2 N–H and O–H groups in total. The van der Waals surface area contributed by atoms with Gasteiger partial charge in [0.15, 0.2) is 0 Å². The van der Waals surface area contributed by atoms with Crippen molar-refractivity contribution in [3.8, 4) is 0 Å². The Morgan fingerprint density at radius 3 is 2.74 bits per heavy atom. The van der Waals surface area contributed by atoms with E-state index in [2.05, 4.69) is 5.10 Å². The minimum absolute atomic E-state index is 0.309. The van der Waals surface area contributed by atoms with Crippen LogP contribution in [0.5, 0.6) is 0 Å². The second kappa shape index (κ2) is 6.99. The molecule has 0 aliphatic heterocycles. The van der Waals surface area contributed by atoms with Gasteiger partial charge in [0.2, 0.25) is 0 Å². The van der Waals surface area contributed by atoms with Crippen LogP contribution in [0.25, 0.3) is 0 Å². The number of amides is 1. The first-order valence-electron chi connectivity index (χ1n) is 6.04. The van der Waals surface area contributed by atoms with Crippen molar-refractivity contribution in [1.29, 1.82) is 0 Å². The van der Waals surface area contributed by atoms with Gasteiger partial charge in [-0.15, -0.1) is 0 Å². The van der Waals surface area contributed by atoms with Gasteiger partial charge in [-0.2, -0.15) is 10.1 Å². The number of halogens is 1. The quantitative estimate of drug-likeness (QED) is 0.524. The number of nitrogens with two attached hydrogens (primary N) is 1. The zero-order valence-electron chi connectivity index (χ0n) is 11.3. The molecule has 0 saturated carbocycles. The number of hydrogen-bond donors (Lipinski definition) is 1. The summed E-state index contributed by atoms with van der Waals surface area (Å²) in [6, 6.07) is 5.13. The maximum Gasteiger partial charge on any atom is 0.430 e. The highest BCUT2D eigenvalue weighted by molar-refractivity contribution is 6.31. The average Bonchev–Trinajstić information content (AvgIpc) is 2.38. The smallest absolute Gasteiger partial charge is 0.430 e. The maximum absolute atomic E-state index is 11.6. The van der Waals surface area contributed by atoms with Gasteiger partial charge in [0, 0.05) is 22.8 Å². The SMILES string of the molecule is CCOC(=O)N(CC)/N=C(\C)c1cc(Cl)ccc1N. The van der Waals surface area contributed by atoms with Gasteiger partial charge in [0.1, 0.15) is 0 Å². The molecule has 0 aliphatic rings. The number of anilines is 1. The fourth-order valence-corrected chi connectivity index (χ4v) is 1.69. The minimum atomic E-state index is -0.482. The van der Waals surface area contributed by atoms with Crippen LogP contribution in [0.1, 0.15) is 26.3 Å². The third kappa shape index (κ3) is 4.13. The number of ether oxygens (including phenoxy) is 1. The molecule has 1 aromatic carbocycles. The zero-order valence-corrected chi connectivity index (χ0v) is 12.1. The lowest BCUT2D eigenvalue weighted by Crippen LogP contribution is -2.27. The number of benzene rings is 1. The van der Waals surface area contributed by atoms with Crippen LogP contribution in [0.3, 0.4) is 0 Å². The fourth-order valence-electron chi connectivity index (χ4n) is 1.52. The van der Waals surface area contributed by atoms with Gasteiger partial charge < -0.3 is 10.5 Å². The van der Waals surface area contributed by atoms with Crippen molar-refractivity contribution < 1.29 is 9.53 Å². The molecule has 0 saturated heterocycles. The first-order chi connectivity index (χ1) is 8.99. The summed E-state index contributed by atoms with van der Waals surface area (Å²) in [6.45, 7) is 6.05. The highest BCUT2D eigenvalue weighted by Gasteiger charge is 2.13. The van der Waals surface area contributed by atoms with E-state index in [1.807, 2.05) is 6.92 Å². The van der Waals surface area contributed by atoms with Gasteiger partial charge in [-0.1, -0.05) is 11.6 Å². The molecule has 0 fully saturated rings. The zero-order chi connectivity index (χ0) is 14.4. The van der Waals surface area contributed by atoms with E-state index in [0.717, 1.165) is 0 Å². The molecule has 0 spiro atoms. The molecular weight excluding hydrogens is 266 g/mol. The van der Waals surface area contributed by atoms with Crippen molar-refractivity contribution in [3.63, 3.8) is 0 Å². The van der Waals surface area contributed by atoms with E-state index in [1.54, 1.807) is 32.0 Å². The van der Waals surface area contributed by atoms with Gasteiger partial charge in [-0.25, -0.2) is 4.79 Å². The Labute approximate surface area is 118 Å². The van der Waals surface area contributed by atoms with Crippen LogP contribution >= 0.6 is 11.6 Å². The number of carbonyl (C=O) groups excluding carboxylic acids is 1. The van der Waals surface area contributed by atoms with Crippen LogP contribution in [0, 0.1) is 0 Å². The molecule has 1 aromatic rings. The molecule has 0 aliphatic carbocycles. The normalized spacial score (nSPS) is 11.3. The number of carbonyl (C=O) groups is 1. The number of hydrogen-bond acceptors (Lipinski definition) is 4. The fraction of sp³-hybridized carbons (Fsp3) is 0.385. The van der Waals surface area contributed by atoms with Crippen LogP contribution < -0.4 is 5.73 Å². The predicted octanol–water partition coefficient (Wildman–Crippen LogP) is 3.12.